The average Bonchev–Trinajstić information content (AvgIpc) is 2.34. The largest absolute Gasteiger partial charge is 0.691 e. The van der Waals surface area contributed by atoms with E-state index in [1.807, 2.05) is 0 Å². The first-order valence-electron chi connectivity index (χ1n) is 7.50. The predicted octanol–water partition coefficient (Wildman–Crippen LogP) is 3.84. The fourth-order valence-electron chi connectivity index (χ4n) is 3.43. The third kappa shape index (κ3) is 4.62. The van der Waals surface area contributed by atoms with Gasteiger partial charge in [0.05, 0.1) is 0 Å². The van der Waals surface area contributed by atoms with Crippen molar-refractivity contribution in [2.24, 2.45) is 35.5 Å². The Morgan fingerprint density at radius 1 is 0.895 bits per heavy atom. The molecule has 0 aliphatic heterocycles. The van der Waals surface area contributed by atoms with E-state index in [0.717, 1.165) is 11.8 Å². The van der Waals surface area contributed by atoms with E-state index in [1.165, 1.54) is 24.9 Å². The fourth-order valence-corrected chi connectivity index (χ4v) is 4.69. The molecule has 3 nitrogen and oxygen atoms in total. The lowest BCUT2D eigenvalue weighted by Gasteiger charge is -2.45. The second-order valence-electron chi connectivity index (χ2n) is 6.99. The summed E-state index contributed by atoms with van der Waals surface area (Å²) in [4.78, 5) is 0. The second-order valence-corrected chi connectivity index (χ2v) is 7.86. The topological polar surface area (TPSA) is 41.5 Å². The minimum absolute atomic E-state index is 0.365. The molecule has 1 saturated carbocycles. The molecule has 1 rings (SSSR count). The molecule has 114 valence electrons. The first kappa shape index (κ1) is 17.3. The zero-order valence-corrected chi connectivity index (χ0v) is 13.9. The fraction of sp³-hybridized carbons (Fsp3) is 1.00. The highest BCUT2D eigenvalue weighted by Crippen LogP contribution is 2.48. The lowest BCUT2D eigenvalue weighted by Crippen LogP contribution is -2.41. The van der Waals surface area contributed by atoms with Crippen LogP contribution in [0.3, 0.4) is 0 Å². The van der Waals surface area contributed by atoms with Crippen molar-refractivity contribution in [3.63, 3.8) is 0 Å². The lowest BCUT2D eigenvalue weighted by atomic mass is 9.65. The van der Waals surface area contributed by atoms with Crippen molar-refractivity contribution in [1.82, 2.24) is 0 Å². The molecule has 0 radical (unpaired) electrons. The van der Waals surface area contributed by atoms with Crippen LogP contribution in [0, 0.1) is 35.5 Å². The summed E-state index contributed by atoms with van der Waals surface area (Å²) < 4.78 is 4.69. The van der Waals surface area contributed by atoms with E-state index >= 15 is 0 Å². The highest BCUT2D eigenvalue weighted by molar-refractivity contribution is 7.95. The molecule has 0 aromatic rings. The molecule has 2 unspecified atom stereocenters. The monoisotopic (exact) mass is 289 g/mol. The average molecular weight is 289 g/mol. The summed E-state index contributed by atoms with van der Waals surface area (Å²) >= 11 is 1.25. The maximum atomic E-state index is 10.2. The molecular weight excluding hydrogens is 260 g/mol. The van der Waals surface area contributed by atoms with E-state index in [4.69, 9.17) is 4.33 Å². The summed E-state index contributed by atoms with van der Waals surface area (Å²) in [5.74, 6) is 3.91. The minimum Gasteiger partial charge on any atom is -0.691 e. The summed E-state index contributed by atoms with van der Waals surface area (Å²) in [7, 11) is 0. The maximum absolute atomic E-state index is 10.2. The van der Waals surface area contributed by atoms with Crippen LogP contribution >= 0.6 is 12.0 Å². The molecule has 0 bridgehead atoms. The van der Waals surface area contributed by atoms with Gasteiger partial charge in [-0.1, -0.05) is 41.5 Å². The molecule has 19 heavy (non-hydrogen) atoms. The molecule has 0 N–H and O–H groups in total. The molecule has 0 heterocycles. The molecule has 1 aliphatic rings. The van der Waals surface area contributed by atoms with Gasteiger partial charge < -0.3 is 5.26 Å². The summed E-state index contributed by atoms with van der Waals surface area (Å²) in [5.41, 5.74) is 0. The van der Waals surface area contributed by atoms with E-state index in [1.54, 1.807) is 0 Å². The summed E-state index contributed by atoms with van der Waals surface area (Å²) in [6.07, 6.45) is 2.47. The van der Waals surface area contributed by atoms with Crippen LogP contribution < -0.4 is 5.26 Å². The van der Waals surface area contributed by atoms with Crippen LogP contribution in [0.5, 0.6) is 0 Å². The van der Waals surface area contributed by atoms with E-state index in [0.29, 0.717) is 28.9 Å². The summed E-state index contributed by atoms with van der Waals surface area (Å²) in [5, 5.41) is 14.1. The van der Waals surface area contributed by atoms with Crippen molar-refractivity contribution in [2.75, 3.05) is 0 Å². The molecule has 0 aromatic carbocycles. The predicted molar refractivity (Wildman–Crippen MR) is 77.8 cm³/mol. The van der Waals surface area contributed by atoms with Crippen LogP contribution in [-0.4, -0.2) is 5.25 Å². The minimum atomic E-state index is 0.365. The number of rotatable bonds is 6. The van der Waals surface area contributed by atoms with Crippen LogP contribution in [0.2, 0.25) is 0 Å². The molecule has 0 saturated heterocycles. The Bertz CT molecular complexity index is 238. The quantitative estimate of drug-likeness (QED) is 0.423. The number of hydrogen-bond donors (Lipinski definition) is 0. The van der Waals surface area contributed by atoms with E-state index in [-0.39, 0.29) is 0 Å². The Kier molecular flexibility index (Phi) is 7.15. The van der Waals surface area contributed by atoms with Crippen LogP contribution in [0.4, 0.5) is 0 Å². The van der Waals surface area contributed by atoms with Gasteiger partial charge in [0.2, 0.25) is 0 Å². The molecule has 2 atom stereocenters. The van der Waals surface area contributed by atoms with Crippen molar-refractivity contribution < 1.29 is 14.6 Å². The first-order chi connectivity index (χ1) is 8.88. The Balaban J connectivity index is 2.87. The Hall–Kier alpha value is 0.230. The van der Waals surface area contributed by atoms with Crippen molar-refractivity contribution in [3.05, 3.63) is 0 Å². The highest BCUT2D eigenvalue weighted by Gasteiger charge is 2.42. The summed E-state index contributed by atoms with van der Waals surface area (Å²) in [6, 6.07) is 0. The normalized spacial score (nSPS) is 32.5. The zero-order valence-electron chi connectivity index (χ0n) is 13.1. The van der Waals surface area contributed by atoms with Crippen LogP contribution in [0.1, 0.15) is 54.4 Å². The van der Waals surface area contributed by atoms with Gasteiger partial charge in [-0.05, 0) is 48.3 Å². The van der Waals surface area contributed by atoms with Crippen molar-refractivity contribution in [3.8, 4) is 0 Å². The maximum Gasteiger partial charge on any atom is 0.0404 e. The molecular formula is C15H29O3S-. The SMILES string of the molecule is CC(C)C1CC(C(C)C)C(SOO[O-])C(C(C)C)C1. The number of hydrogen-bond acceptors (Lipinski definition) is 4. The third-order valence-corrected chi connectivity index (χ3v) is 5.88. The molecule has 1 aliphatic carbocycles. The molecule has 1 fully saturated rings. The van der Waals surface area contributed by atoms with Gasteiger partial charge in [-0.3, -0.25) is 5.04 Å². The van der Waals surface area contributed by atoms with Crippen LogP contribution in [-0.2, 0) is 9.37 Å². The van der Waals surface area contributed by atoms with Gasteiger partial charge in [-0.25, -0.2) is 0 Å². The Morgan fingerprint density at radius 2 is 1.37 bits per heavy atom. The third-order valence-electron chi connectivity index (χ3n) is 4.83. The second kappa shape index (κ2) is 7.87. The molecule has 4 heteroatoms. The van der Waals surface area contributed by atoms with E-state index in [2.05, 4.69) is 46.6 Å². The highest BCUT2D eigenvalue weighted by atomic mass is 32.2. The van der Waals surface area contributed by atoms with Gasteiger partial charge in [0.1, 0.15) is 0 Å². The van der Waals surface area contributed by atoms with Gasteiger partial charge in [0, 0.05) is 17.3 Å². The van der Waals surface area contributed by atoms with Crippen LogP contribution in [0.15, 0.2) is 0 Å². The van der Waals surface area contributed by atoms with E-state index < -0.39 is 0 Å². The smallest absolute Gasteiger partial charge is 0.0404 e. The van der Waals surface area contributed by atoms with Crippen molar-refractivity contribution >= 4 is 12.0 Å². The van der Waals surface area contributed by atoms with Gasteiger partial charge in [0.25, 0.3) is 0 Å². The van der Waals surface area contributed by atoms with Crippen molar-refractivity contribution in [1.29, 1.82) is 0 Å². The Morgan fingerprint density at radius 3 is 1.68 bits per heavy atom. The van der Waals surface area contributed by atoms with Crippen molar-refractivity contribution in [2.45, 2.75) is 59.6 Å². The summed E-state index contributed by atoms with van der Waals surface area (Å²) in [6.45, 7) is 13.7. The lowest BCUT2D eigenvalue weighted by molar-refractivity contribution is -0.777. The zero-order chi connectivity index (χ0) is 14.6. The standard InChI is InChI=1S/C15H30O3S/c1-9(2)12-7-13(10(3)4)15(19-18-17-16)14(8-12)11(5)6/h9-16H,7-8H2,1-6H3/p-1. The van der Waals surface area contributed by atoms with Gasteiger partial charge in [-0.2, -0.15) is 4.33 Å². The Labute approximate surface area is 122 Å². The first-order valence-corrected chi connectivity index (χ1v) is 8.30. The van der Waals surface area contributed by atoms with E-state index in [9.17, 15) is 5.26 Å². The molecule has 0 spiro atoms. The van der Waals surface area contributed by atoms with Gasteiger partial charge >= 0.3 is 0 Å². The molecule has 0 aromatic heterocycles. The van der Waals surface area contributed by atoms with Gasteiger partial charge in [-0.15, -0.1) is 0 Å². The van der Waals surface area contributed by atoms with Crippen LogP contribution in [0.25, 0.3) is 0 Å². The van der Waals surface area contributed by atoms with Gasteiger partial charge in [0.15, 0.2) is 0 Å². The molecule has 0 amide bonds.